The average molecular weight is 278 g/mol. The van der Waals surface area contributed by atoms with Crippen LogP contribution in [0.4, 0.5) is 0 Å². The van der Waals surface area contributed by atoms with E-state index in [0.717, 1.165) is 17.7 Å². The highest BCUT2D eigenvalue weighted by atomic mass is 16.7. The maximum Gasteiger partial charge on any atom is 0.310 e. The first kappa shape index (κ1) is 13.4. The Morgan fingerprint density at radius 1 is 1.25 bits per heavy atom. The number of esters is 1. The molecule has 2 aliphatic heterocycles. The van der Waals surface area contributed by atoms with Crippen molar-refractivity contribution >= 4 is 5.97 Å². The summed E-state index contributed by atoms with van der Waals surface area (Å²) in [7, 11) is 1.65. The highest BCUT2D eigenvalue weighted by molar-refractivity contribution is 5.70. The van der Waals surface area contributed by atoms with Crippen LogP contribution >= 0.6 is 0 Å². The van der Waals surface area contributed by atoms with Crippen LogP contribution < -0.4 is 4.74 Å². The van der Waals surface area contributed by atoms with Gasteiger partial charge < -0.3 is 18.9 Å². The van der Waals surface area contributed by atoms with Crippen LogP contribution in [0.3, 0.4) is 0 Å². The quantitative estimate of drug-likeness (QED) is 0.789. The van der Waals surface area contributed by atoms with Crippen molar-refractivity contribution in [2.24, 2.45) is 0 Å². The van der Waals surface area contributed by atoms with Crippen LogP contribution in [0.5, 0.6) is 5.75 Å². The predicted octanol–water partition coefficient (Wildman–Crippen LogP) is 2.03. The van der Waals surface area contributed by atoms with E-state index in [2.05, 4.69) is 0 Å². The zero-order chi connectivity index (χ0) is 13.9. The summed E-state index contributed by atoms with van der Waals surface area (Å²) in [5, 5.41) is 0. The number of carbonyl (C=O) groups is 1. The molecule has 0 saturated carbocycles. The van der Waals surface area contributed by atoms with Crippen molar-refractivity contribution in [2.45, 2.75) is 44.4 Å². The van der Waals surface area contributed by atoms with E-state index in [4.69, 9.17) is 18.9 Å². The van der Waals surface area contributed by atoms with Crippen molar-refractivity contribution in [1.29, 1.82) is 0 Å². The lowest BCUT2D eigenvalue weighted by molar-refractivity contribution is -0.247. The lowest BCUT2D eigenvalue weighted by atomic mass is 10.0. The lowest BCUT2D eigenvalue weighted by Gasteiger charge is -2.38. The SMILES string of the molecule is COc1ccc(CO[C@@H]2C[C@@H]3CC(=O)O[C@H](C2)O3)cc1. The number of hydrogen-bond donors (Lipinski definition) is 0. The molecule has 0 spiro atoms. The standard InChI is InChI=1S/C15H18O5/c1-17-11-4-2-10(3-5-11)9-18-12-6-13-7-14(16)20-15(8-12)19-13/h2-5,12-13,15H,6-9H2,1H3/t12-,13-,15-/m1/s1. The van der Waals surface area contributed by atoms with E-state index in [1.54, 1.807) is 7.11 Å². The number of fused-ring (bicyclic) bond motifs is 2. The molecular formula is C15H18O5. The molecule has 3 rings (SSSR count). The molecule has 108 valence electrons. The zero-order valence-corrected chi connectivity index (χ0v) is 11.4. The molecular weight excluding hydrogens is 260 g/mol. The highest BCUT2D eigenvalue weighted by Crippen LogP contribution is 2.29. The van der Waals surface area contributed by atoms with Gasteiger partial charge in [-0.2, -0.15) is 0 Å². The maximum atomic E-state index is 11.3. The van der Waals surface area contributed by atoms with Gasteiger partial charge in [0.15, 0.2) is 0 Å². The summed E-state index contributed by atoms with van der Waals surface area (Å²) >= 11 is 0. The van der Waals surface area contributed by atoms with Crippen molar-refractivity contribution in [3.05, 3.63) is 29.8 Å². The van der Waals surface area contributed by atoms with Gasteiger partial charge in [0.2, 0.25) is 6.29 Å². The molecule has 3 atom stereocenters. The number of carbonyl (C=O) groups excluding carboxylic acids is 1. The molecule has 0 aromatic heterocycles. The summed E-state index contributed by atoms with van der Waals surface area (Å²) in [5.74, 6) is 0.668. The van der Waals surface area contributed by atoms with Crippen LogP contribution in [0.2, 0.25) is 0 Å². The number of ether oxygens (including phenoxy) is 4. The van der Waals surface area contributed by atoms with Crippen LogP contribution in [0.1, 0.15) is 24.8 Å². The van der Waals surface area contributed by atoms with Gasteiger partial charge in [0.1, 0.15) is 5.75 Å². The summed E-state index contributed by atoms with van der Waals surface area (Å²) in [6.45, 7) is 0.544. The van der Waals surface area contributed by atoms with E-state index in [0.29, 0.717) is 19.4 Å². The lowest BCUT2D eigenvalue weighted by Crippen LogP contribution is -2.44. The number of rotatable bonds is 4. The maximum absolute atomic E-state index is 11.3. The molecule has 0 unspecified atom stereocenters. The van der Waals surface area contributed by atoms with Gasteiger partial charge in [-0.25, -0.2) is 0 Å². The van der Waals surface area contributed by atoms with Crippen LogP contribution in [0.25, 0.3) is 0 Å². The Morgan fingerprint density at radius 3 is 2.75 bits per heavy atom. The molecule has 2 heterocycles. The smallest absolute Gasteiger partial charge is 0.310 e. The first-order chi connectivity index (χ1) is 9.72. The summed E-state index contributed by atoms with van der Waals surface area (Å²) < 4.78 is 21.7. The largest absolute Gasteiger partial charge is 0.497 e. The van der Waals surface area contributed by atoms with Crippen LogP contribution in [-0.4, -0.2) is 31.6 Å². The minimum atomic E-state index is -0.434. The minimum Gasteiger partial charge on any atom is -0.497 e. The third kappa shape index (κ3) is 3.11. The molecule has 5 heteroatoms. The summed E-state index contributed by atoms with van der Waals surface area (Å²) in [6, 6.07) is 7.80. The Hall–Kier alpha value is -1.59. The molecule has 0 aliphatic carbocycles. The highest BCUT2D eigenvalue weighted by Gasteiger charge is 2.37. The number of methoxy groups -OCH3 is 1. The topological polar surface area (TPSA) is 54.0 Å². The van der Waals surface area contributed by atoms with Crippen molar-refractivity contribution < 1.29 is 23.7 Å². The molecule has 20 heavy (non-hydrogen) atoms. The molecule has 2 saturated heterocycles. The van der Waals surface area contributed by atoms with E-state index in [9.17, 15) is 4.79 Å². The van der Waals surface area contributed by atoms with Gasteiger partial charge in [0, 0.05) is 12.8 Å². The monoisotopic (exact) mass is 278 g/mol. The molecule has 1 aromatic carbocycles. The fourth-order valence-electron chi connectivity index (χ4n) is 2.59. The molecule has 5 nitrogen and oxygen atoms in total. The van der Waals surface area contributed by atoms with Crippen LogP contribution in [0.15, 0.2) is 24.3 Å². The molecule has 0 N–H and O–H groups in total. The van der Waals surface area contributed by atoms with Gasteiger partial charge in [-0.1, -0.05) is 12.1 Å². The number of hydrogen-bond acceptors (Lipinski definition) is 5. The first-order valence-electron chi connectivity index (χ1n) is 6.82. The Kier molecular flexibility index (Phi) is 3.89. The third-order valence-corrected chi connectivity index (χ3v) is 3.63. The summed E-state index contributed by atoms with van der Waals surface area (Å²) in [5.41, 5.74) is 1.10. The fraction of sp³-hybridized carbons (Fsp3) is 0.533. The molecule has 1 aromatic rings. The van der Waals surface area contributed by atoms with Crippen molar-refractivity contribution in [2.75, 3.05) is 7.11 Å². The van der Waals surface area contributed by atoms with Gasteiger partial charge in [0.05, 0.1) is 32.3 Å². The number of benzene rings is 1. The normalized spacial score (nSPS) is 28.9. The Bertz CT molecular complexity index is 454. The second-order valence-electron chi connectivity index (χ2n) is 5.13. The molecule has 2 fully saturated rings. The Labute approximate surface area is 117 Å². The van der Waals surface area contributed by atoms with E-state index >= 15 is 0 Å². The van der Waals surface area contributed by atoms with E-state index < -0.39 is 6.29 Å². The van der Waals surface area contributed by atoms with Gasteiger partial charge in [-0.05, 0) is 17.7 Å². The van der Waals surface area contributed by atoms with Crippen molar-refractivity contribution in [3.63, 3.8) is 0 Å². The molecule has 2 bridgehead atoms. The summed E-state index contributed by atoms with van der Waals surface area (Å²) in [6.07, 6.45) is 1.28. The zero-order valence-electron chi connectivity index (χ0n) is 11.4. The van der Waals surface area contributed by atoms with Gasteiger partial charge in [-0.15, -0.1) is 0 Å². The van der Waals surface area contributed by atoms with Crippen molar-refractivity contribution in [1.82, 2.24) is 0 Å². The Balaban J connectivity index is 1.52. The fourth-order valence-corrected chi connectivity index (χ4v) is 2.59. The minimum absolute atomic E-state index is 0.0594. The van der Waals surface area contributed by atoms with E-state index in [1.807, 2.05) is 24.3 Å². The third-order valence-electron chi connectivity index (χ3n) is 3.63. The van der Waals surface area contributed by atoms with Gasteiger partial charge in [0.25, 0.3) is 0 Å². The average Bonchev–Trinajstić information content (AvgIpc) is 2.44. The van der Waals surface area contributed by atoms with Gasteiger partial charge in [-0.3, -0.25) is 4.79 Å². The van der Waals surface area contributed by atoms with Crippen molar-refractivity contribution in [3.8, 4) is 5.75 Å². The molecule has 2 aliphatic rings. The molecule has 0 radical (unpaired) electrons. The second kappa shape index (κ2) is 5.81. The summed E-state index contributed by atoms with van der Waals surface area (Å²) in [4.78, 5) is 11.3. The Morgan fingerprint density at radius 2 is 2.05 bits per heavy atom. The van der Waals surface area contributed by atoms with E-state index in [-0.39, 0.29) is 18.2 Å². The predicted molar refractivity (Wildman–Crippen MR) is 70.2 cm³/mol. The molecule has 0 amide bonds. The van der Waals surface area contributed by atoms with Crippen LogP contribution in [-0.2, 0) is 25.6 Å². The van der Waals surface area contributed by atoms with Crippen LogP contribution in [0, 0.1) is 0 Å². The second-order valence-corrected chi connectivity index (χ2v) is 5.13. The first-order valence-corrected chi connectivity index (χ1v) is 6.82. The van der Waals surface area contributed by atoms with Gasteiger partial charge >= 0.3 is 5.97 Å². The van der Waals surface area contributed by atoms with E-state index in [1.165, 1.54) is 0 Å².